The summed E-state index contributed by atoms with van der Waals surface area (Å²) in [6, 6.07) is 9.78. The summed E-state index contributed by atoms with van der Waals surface area (Å²) in [5, 5.41) is 27.2. The minimum atomic E-state index is -1.58. The average molecular weight is 519 g/mol. The number of ketones is 3. The molecule has 9 nitrogen and oxygen atoms in total. The molecule has 0 unspecified atom stereocenters. The monoisotopic (exact) mass is 518 g/mol. The van der Waals surface area contributed by atoms with Crippen LogP contribution in [0.3, 0.4) is 0 Å². The van der Waals surface area contributed by atoms with Crippen molar-refractivity contribution in [2.24, 2.45) is 0 Å². The molecule has 0 fully saturated rings. The minimum Gasteiger partial charge on any atom is -0.507 e. The van der Waals surface area contributed by atoms with E-state index in [1.165, 1.54) is 20.8 Å². The zero-order valence-corrected chi connectivity index (χ0v) is 21.7. The highest BCUT2D eigenvalue weighted by Gasteiger charge is 2.56. The second-order valence-corrected chi connectivity index (χ2v) is 9.65. The fourth-order valence-corrected chi connectivity index (χ4v) is 4.89. The smallest absolute Gasteiger partial charge is 0.221 e. The lowest BCUT2D eigenvalue weighted by Gasteiger charge is -2.29. The van der Waals surface area contributed by atoms with E-state index in [-0.39, 0.29) is 64.1 Å². The van der Waals surface area contributed by atoms with Crippen molar-refractivity contribution in [3.05, 3.63) is 75.7 Å². The molecule has 2 aliphatic rings. The highest BCUT2D eigenvalue weighted by Crippen LogP contribution is 2.57. The van der Waals surface area contributed by atoms with Gasteiger partial charge in [-0.1, -0.05) is 30.3 Å². The molecule has 2 aromatic rings. The predicted octanol–water partition coefficient (Wildman–Crippen LogP) is 2.91. The van der Waals surface area contributed by atoms with Crippen LogP contribution >= 0.6 is 0 Å². The van der Waals surface area contributed by atoms with Crippen LogP contribution in [-0.2, 0) is 26.2 Å². The van der Waals surface area contributed by atoms with Gasteiger partial charge in [0.15, 0.2) is 17.3 Å². The topological polar surface area (TPSA) is 142 Å². The molecule has 4 N–H and O–H groups in total. The Bertz CT molecular complexity index is 1420. The number of fused-ring (bicyclic) bond motifs is 3. The van der Waals surface area contributed by atoms with Crippen molar-refractivity contribution in [2.75, 3.05) is 13.1 Å². The largest absolute Gasteiger partial charge is 0.507 e. The molecule has 38 heavy (non-hydrogen) atoms. The molecule has 1 aliphatic heterocycles. The predicted molar refractivity (Wildman–Crippen MR) is 139 cm³/mol. The first-order chi connectivity index (χ1) is 18.0. The highest BCUT2D eigenvalue weighted by atomic mass is 16.5. The molecule has 0 radical (unpaired) electrons. The summed E-state index contributed by atoms with van der Waals surface area (Å²) in [5.41, 5.74) is -0.413. The van der Waals surface area contributed by atoms with E-state index in [1.54, 1.807) is 6.92 Å². The Hall–Kier alpha value is -4.40. The number of amides is 1. The molecule has 1 heterocycles. The Morgan fingerprint density at radius 1 is 1.00 bits per heavy atom. The Kier molecular flexibility index (Phi) is 7.13. The third-order valence-electron chi connectivity index (χ3n) is 7.08. The summed E-state index contributed by atoms with van der Waals surface area (Å²) in [6.45, 7) is 6.42. The normalized spacial score (nSPS) is 19.2. The van der Waals surface area contributed by atoms with Gasteiger partial charge in [-0.25, -0.2) is 0 Å². The number of rotatable bonds is 8. The third kappa shape index (κ3) is 4.44. The number of allylic oxidation sites excluding steroid dienone is 4. The van der Waals surface area contributed by atoms with Crippen molar-refractivity contribution in [3.8, 4) is 17.2 Å². The number of phenolic OH excluding ortho intramolecular Hbond substituents is 2. The van der Waals surface area contributed by atoms with Crippen molar-refractivity contribution in [1.82, 2.24) is 10.6 Å². The van der Waals surface area contributed by atoms with Gasteiger partial charge < -0.3 is 25.6 Å². The quantitative estimate of drug-likeness (QED) is 0.237. The first kappa shape index (κ1) is 26.7. The lowest BCUT2D eigenvalue weighted by atomic mass is 9.70. The maximum Gasteiger partial charge on any atom is 0.221 e. The van der Waals surface area contributed by atoms with E-state index in [0.717, 1.165) is 11.6 Å². The zero-order chi connectivity index (χ0) is 27.8. The van der Waals surface area contributed by atoms with Crippen LogP contribution in [0.15, 0.2) is 53.4 Å². The first-order valence-electron chi connectivity index (χ1n) is 12.3. The van der Waals surface area contributed by atoms with Gasteiger partial charge in [0.25, 0.3) is 0 Å². The van der Waals surface area contributed by atoms with Crippen molar-refractivity contribution in [2.45, 2.75) is 46.0 Å². The van der Waals surface area contributed by atoms with E-state index in [0.29, 0.717) is 13.0 Å². The maximum atomic E-state index is 13.8. The van der Waals surface area contributed by atoms with Crippen molar-refractivity contribution in [3.63, 3.8) is 0 Å². The van der Waals surface area contributed by atoms with E-state index in [4.69, 9.17) is 4.74 Å². The second-order valence-electron chi connectivity index (χ2n) is 9.65. The van der Waals surface area contributed by atoms with Gasteiger partial charge in [0.1, 0.15) is 34.0 Å². The number of ether oxygens (including phenoxy) is 1. The Labute approximate surface area is 220 Å². The zero-order valence-electron chi connectivity index (χ0n) is 21.7. The molecular formula is C29H30N2O7. The van der Waals surface area contributed by atoms with E-state index >= 15 is 0 Å². The lowest BCUT2D eigenvalue weighted by molar-refractivity contribution is -0.124. The van der Waals surface area contributed by atoms with Crippen molar-refractivity contribution >= 4 is 23.3 Å². The van der Waals surface area contributed by atoms with Gasteiger partial charge in [-0.05, 0) is 39.7 Å². The molecule has 0 saturated heterocycles. The second kappa shape index (κ2) is 10.2. The van der Waals surface area contributed by atoms with Crippen LogP contribution in [0.1, 0.15) is 54.2 Å². The van der Waals surface area contributed by atoms with E-state index < -0.39 is 28.5 Å². The fourth-order valence-electron chi connectivity index (χ4n) is 4.89. The summed E-state index contributed by atoms with van der Waals surface area (Å²) in [7, 11) is 0. The van der Waals surface area contributed by atoms with Crippen LogP contribution < -0.4 is 15.4 Å². The summed E-state index contributed by atoms with van der Waals surface area (Å²) >= 11 is 0. The summed E-state index contributed by atoms with van der Waals surface area (Å²) in [6.07, 6.45) is 2.00. The Morgan fingerprint density at radius 2 is 1.68 bits per heavy atom. The number of carbonyl (C=O) groups is 4. The molecule has 1 amide bonds. The molecule has 4 rings (SSSR count). The SMILES string of the molecule is CC(=O)c1c(O)c(C)c(O)c2c1OC1=CC(=O)/C(=C(/C)NCCC(=O)NCCc3ccccc3)C(=O)[C@]12C. The number of aromatic hydroxyl groups is 2. The molecule has 2 aromatic carbocycles. The van der Waals surface area contributed by atoms with Crippen LogP contribution in [0.25, 0.3) is 0 Å². The molecule has 0 spiro atoms. The molecule has 0 aromatic heterocycles. The van der Waals surface area contributed by atoms with Gasteiger partial charge in [-0.15, -0.1) is 0 Å². The van der Waals surface area contributed by atoms with Crippen molar-refractivity contribution in [1.29, 1.82) is 0 Å². The van der Waals surface area contributed by atoms with Gasteiger partial charge in [-0.2, -0.15) is 0 Å². The standard InChI is InChI=1S/C29H30N2O7/c1-15-25(35)23(17(3)32)27-24(26(15)36)29(4)20(38-27)14-19(33)22(28(29)37)16(2)30-13-11-21(34)31-12-10-18-8-6-5-7-9-18/h5-9,14,30,35-36H,10-13H2,1-4H3,(H,31,34)/b22-16+/t29-/m1/s1. The van der Waals surface area contributed by atoms with Crippen LogP contribution in [0, 0.1) is 6.92 Å². The molecule has 1 atom stereocenters. The number of carbonyl (C=O) groups excluding carboxylic acids is 4. The number of benzene rings is 2. The Morgan fingerprint density at radius 3 is 2.34 bits per heavy atom. The summed E-state index contributed by atoms with van der Waals surface area (Å²) in [5.74, 6) is -2.88. The third-order valence-corrected chi connectivity index (χ3v) is 7.08. The Balaban J connectivity index is 1.52. The van der Waals surface area contributed by atoms with E-state index in [9.17, 15) is 29.4 Å². The van der Waals surface area contributed by atoms with Crippen LogP contribution in [-0.4, -0.2) is 46.6 Å². The van der Waals surface area contributed by atoms with Crippen LogP contribution in [0.5, 0.6) is 17.2 Å². The number of hydrogen-bond acceptors (Lipinski definition) is 8. The average Bonchev–Trinajstić information content (AvgIpc) is 3.16. The van der Waals surface area contributed by atoms with Gasteiger partial charge in [0.05, 0.1) is 11.1 Å². The highest BCUT2D eigenvalue weighted by molar-refractivity contribution is 6.31. The van der Waals surface area contributed by atoms with Crippen molar-refractivity contribution < 1.29 is 34.1 Å². The number of phenols is 2. The number of Topliss-reactive ketones (excluding diaryl/α,β-unsaturated/α-hetero) is 2. The summed E-state index contributed by atoms with van der Waals surface area (Å²) < 4.78 is 5.76. The molecular weight excluding hydrogens is 488 g/mol. The molecule has 0 bridgehead atoms. The van der Waals surface area contributed by atoms with E-state index in [1.807, 2.05) is 30.3 Å². The van der Waals surface area contributed by atoms with Gasteiger partial charge in [0, 0.05) is 36.8 Å². The molecule has 198 valence electrons. The minimum absolute atomic E-state index is 0.0281. The molecule has 0 saturated carbocycles. The summed E-state index contributed by atoms with van der Waals surface area (Å²) in [4.78, 5) is 51.3. The van der Waals surface area contributed by atoms with Crippen LogP contribution in [0.4, 0.5) is 0 Å². The van der Waals surface area contributed by atoms with Gasteiger partial charge in [-0.3, -0.25) is 19.2 Å². The van der Waals surface area contributed by atoms with E-state index in [2.05, 4.69) is 10.6 Å². The van der Waals surface area contributed by atoms with Gasteiger partial charge in [0.2, 0.25) is 5.91 Å². The van der Waals surface area contributed by atoms with Gasteiger partial charge >= 0.3 is 0 Å². The molecule has 1 aliphatic carbocycles. The number of hydrogen-bond donors (Lipinski definition) is 4. The maximum absolute atomic E-state index is 13.8. The fraction of sp³-hybridized carbons (Fsp3) is 0.310. The number of nitrogens with one attached hydrogen (secondary N) is 2. The van der Waals surface area contributed by atoms with Crippen LogP contribution in [0.2, 0.25) is 0 Å². The lowest BCUT2D eigenvalue weighted by Crippen LogP contribution is -2.41. The molecule has 9 heteroatoms. The first-order valence-corrected chi connectivity index (χ1v) is 12.3.